The van der Waals surface area contributed by atoms with Crippen LogP contribution in [0.4, 0.5) is 0 Å². The number of furan rings is 1. The van der Waals surface area contributed by atoms with Gasteiger partial charge in [-0.2, -0.15) is 0 Å². The smallest absolute Gasteiger partial charge is 0.130 e. The zero-order chi connectivity index (χ0) is 12.1. The van der Waals surface area contributed by atoms with Crippen LogP contribution in [0.2, 0.25) is 0 Å². The van der Waals surface area contributed by atoms with Crippen LogP contribution < -0.4 is 5.32 Å². The second-order valence-electron chi connectivity index (χ2n) is 4.82. The summed E-state index contributed by atoms with van der Waals surface area (Å²) in [4.78, 5) is 0. The molecule has 0 unspecified atom stereocenters. The van der Waals surface area contributed by atoms with Crippen molar-refractivity contribution in [1.29, 1.82) is 0 Å². The minimum Gasteiger partial charge on any atom is -0.462 e. The van der Waals surface area contributed by atoms with Gasteiger partial charge in [0.05, 0.1) is 12.6 Å². The lowest BCUT2D eigenvalue weighted by Crippen LogP contribution is -2.11. The predicted octanol–water partition coefficient (Wildman–Crippen LogP) is 3.16. The Morgan fingerprint density at radius 1 is 1.41 bits per heavy atom. The highest BCUT2D eigenvalue weighted by atomic mass is 16.5. The van der Waals surface area contributed by atoms with Crippen LogP contribution in [-0.4, -0.2) is 12.6 Å². The number of hydrogen-bond donors (Lipinski definition) is 1. The fraction of sp³-hybridized carbons (Fsp3) is 0.714. The molecule has 0 saturated heterocycles. The molecule has 0 aliphatic heterocycles. The van der Waals surface area contributed by atoms with Crippen molar-refractivity contribution in [3.8, 4) is 0 Å². The molecule has 0 aromatic carbocycles. The zero-order valence-corrected chi connectivity index (χ0v) is 10.9. The normalized spacial score (nSPS) is 16.8. The highest BCUT2D eigenvalue weighted by molar-refractivity contribution is 5.19. The summed E-state index contributed by atoms with van der Waals surface area (Å²) in [5.41, 5.74) is 1.22. The third-order valence-electron chi connectivity index (χ3n) is 3.37. The second-order valence-corrected chi connectivity index (χ2v) is 4.82. The van der Waals surface area contributed by atoms with Crippen molar-refractivity contribution in [3.05, 3.63) is 23.2 Å². The fourth-order valence-corrected chi connectivity index (χ4v) is 2.33. The van der Waals surface area contributed by atoms with Crippen molar-refractivity contribution < 1.29 is 9.15 Å². The van der Waals surface area contributed by atoms with E-state index in [1.54, 1.807) is 0 Å². The molecule has 2 rings (SSSR count). The van der Waals surface area contributed by atoms with Crippen LogP contribution in [0.15, 0.2) is 10.5 Å². The highest BCUT2D eigenvalue weighted by Gasteiger charge is 2.16. The number of hydrogen-bond acceptors (Lipinski definition) is 3. The van der Waals surface area contributed by atoms with Crippen molar-refractivity contribution >= 4 is 0 Å². The molecular formula is C14H23NO2. The Morgan fingerprint density at radius 3 is 2.88 bits per heavy atom. The molecule has 0 bridgehead atoms. The van der Waals surface area contributed by atoms with E-state index in [1.807, 2.05) is 0 Å². The maximum atomic E-state index is 5.85. The molecule has 17 heavy (non-hydrogen) atoms. The van der Waals surface area contributed by atoms with Gasteiger partial charge in [0.25, 0.3) is 0 Å². The third kappa shape index (κ3) is 3.58. The first-order valence-corrected chi connectivity index (χ1v) is 6.70. The molecule has 0 spiro atoms. The molecule has 1 N–H and O–H groups in total. The molecular weight excluding hydrogens is 214 g/mol. The first-order valence-electron chi connectivity index (χ1n) is 6.70. The molecule has 0 amide bonds. The third-order valence-corrected chi connectivity index (χ3v) is 3.37. The van der Waals surface area contributed by atoms with Crippen LogP contribution in [0.1, 0.15) is 49.7 Å². The van der Waals surface area contributed by atoms with E-state index < -0.39 is 0 Å². The molecule has 0 radical (unpaired) electrons. The molecule has 1 aromatic rings. The lowest BCUT2D eigenvalue weighted by atomic mass is 10.2. The Hall–Kier alpha value is -0.800. The number of ether oxygens (including phenoxy) is 1. The second kappa shape index (κ2) is 6.22. The maximum Gasteiger partial charge on any atom is 0.130 e. The summed E-state index contributed by atoms with van der Waals surface area (Å²) in [6.45, 7) is 6.59. The van der Waals surface area contributed by atoms with E-state index in [1.165, 1.54) is 31.2 Å². The monoisotopic (exact) mass is 237 g/mol. The molecule has 1 aromatic heterocycles. The lowest BCUT2D eigenvalue weighted by Gasteiger charge is -2.08. The quantitative estimate of drug-likeness (QED) is 0.825. The Bertz CT molecular complexity index is 340. The Balaban J connectivity index is 1.83. The van der Waals surface area contributed by atoms with Gasteiger partial charge in [0.1, 0.15) is 18.1 Å². The van der Waals surface area contributed by atoms with E-state index in [2.05, 4.69) is 25.2 Å². The summed E-state index contributed by atoms with van der Waals surface area (Å²) in [7, 11) is 0. The summed E-state index contributed by atoms with van der Waals surface area (Å²) in [6.07, 6.45) is 5.51. The molecule has 1 saturated carbocycles. The molecule has 3 nitrogen and oxygen atoms in total. The molecule has 1 fully saturated rings. The molecule has 0 atom stereocenters. The standard InChI is InChI=1S/C14H23NO2/c1-3-15-9-14-11(2)8-13(17-14)10-16-12-6-4-5-7-12/h8,12,15H,3-7,9-10H2,1-2H3. The van der Waals surface area contributed by atoms with Gasteiger partial charge in [0.15, 0.2) is 0 Å². The zero-order valence-electron chi connectivity index (χ0n) is 10.9. The van der Waals surface area contributed by atoms with Crippen molar-refractivity contribution in [3.63, 3.8) is 0 Å². The SMILES string of the molecule is CCNCc1oc(COC2CCCC2)cc1C. The fourth-order valence-electron chi connectivity index (χ4n) is 2.33. The first-order chi connectivity index (χ1) is 8.29. The van der Waals surface area contributed by atoms with Gasteiger partial charge in [-0.3, -0.25) is 0 Å². The lowest BCUT2D eigenvalue weighted by molar-refractivity contribution is 0.0352. The van der Waals surface area contributed by atoms with Gasteiger partial charge in [0.2, 0.25) is 0 Å². The van der Waals surface area contributed by atoms with Crippen LogP contribution in [0.3, 0.4) is 0 Å². The van der Waals surface area contributed by atoms with Gasteiger partial charge in [-0.05, 0) is 37.9 Å². The molecule has 1 heterocycles. The first kappa shape index (κ1) is 12.7. The summed E-state index contributed by atoms with van der Waals surface area (Å²) < 4.78 is 11.6. The van der Waals surface area contributed by atoms with Gasteiger partial charge >= 0.3 is 0 Å². The van der Waals surface area contributed by atoms with Gasteiger partial charge < -0.3 is 14.5 Å². The number of rotatable bonds is 6. The molecule has 3 heteroatoms. The Morgan fingerprint density at radius 2 is 2.18 bits per heavy atom. The van der Waals surface area contributed by atoms with Gasteiger partial charge in [-0.1, -0.05) is 19.8 Å². The van der Waals surface area contributed by atoms with E-state index in [9.17, 15) is 0 Å². The van der Waals surface area contributed by atoms with Crippen LogP contribution >= 0.6 is 0 Å². The largest absolute Gasteiger partial charge is 0.462 e. The van der Waals surface area contributed by atoms with Gasteiger partial charge in [-0.15, -0.1) is 0 Å². The number of aryl methyl sites for hydroxylation is 1. The van der Waals surface area contributed by atoms with Crippen LogP contribution in [-0.2, 0) is 17.9 Å². The highest BCUT2D eigenvalue weighted by Crippen LogP contribution is 2.23. The van der Waals surface area contributed by atoms with Crippen molar-refractivity contribution in [2.45, 2.75) is 58.8 Å². The Kier molecular flexibility index (Phi) is 4.63. The summed E-state index contributed by atoms with van der Waals surface area (Å²) in [5.74, 6) is 2.00. The van der Waals surface area contributed by atoms with Crippen LogP contribution in [0, 0.1) is 6.92 Å². The Labute approximate surface area is 104 Å². The van der Waals surface area contributed by atoms with Gasteiger partial charge in [0, 0.05) is 0 Å². The maximum absolute atomic E-state index is 5.85. The minimum atomic E-state index is 0.456. The molecule has 1 aliphatic rings. The predicted molar refractivity (Wildman–Crippen MR) is 67.9 cm³/mol. The van der Waals surface area contributed by atoms with E-state index in [0.717, 1.165) is 24.6 Å². The van der Waals surface area contributed by atoms with Crippen molar-refractivity contribution in [2.24, 2.45) is 0 Å². The van der Waals surface area contributed by atoms with Gasteiger partial charge in [-0.25, -0.2) is 0 Å². The van der Waals surface area contributed by atoms with E-state index in [-0.39, 0.29) is 0 Å². The minimum absolute atomic E-state index is 0.456. The topological polar surface area (TPSA) is 34.4 Å². The average Bonchev–Trinajstić information content (AvgIpc) is 2.93. The van der Waals surface area contributed by atoms with Crippen LogP contribution in [0.25, 0.3) is 0 Å². The summed E-state index contributed by atoms with van der Waals surface area (Å²) >= 11 is 0. The van der Waals surface area contributed by atoms with E-state index >= 15 is 0 Å². The van der Waals surface area contributed by atoms with Crippen molar-refractivity contribution in [2.75, 3.05) is 6.54 Å². The van der Waals surface area contributed by atoms with E-state index in [0.29, 0.717) is 12.7 Å². The number of nitrogens with one attached hydrogen (secondary N) is 1. The average molecular weight is 237 g/mol. The van der Waals surface area contributed by atoms with E-state index in [4.69, 9.17) is 9.15 Å². The summed E-state index contributed by atoms with van der Waals surface area (Å²) in [6, 6.07) is 2.10. The summed E-state index contributed by atoms with van der Waals surface area (Å²) in [5, 5.41) is 3.28. The van der Waals surface area contributed by atoms with Crippen molar-refractivity contribution in [1.82, 2.24) is 5.32 Å². The van der Waals surface area contributed by atoms with Crippen LogP contribution in [0.5, 0.6) is 0 Å². The molecule has 1 aliphatic carbocycles. The molecule has 96 valence electrons.